The van der Waals surface area contributed by atoms with Gasteiger partial charge in [-0.15, -0.1) is 0 Å². The largest absolute Gasteiger partial charge is 0.493 e. The molecule has 0 aliphatic carbocycles. The number of aromatic carboxylic acids is 1. The van der Waals surface area contributed by atoms with Crippen LogP contribution < -0.4 is 4.74 Å². The molecule has 0 saturated heterocycles. The fourth-order valence-corrected chi connectivity index (χ4v) is 1.03. The van der Waals surface area contributed by atoms with E-state index in [1.165, 1.54) is 13.3 Å². The van der Waals surface area contributed by atoms with Gasteiger partial charge in [0.25, 0.3) is 0 Å². The van der Waals surface area contributed by atoms with Crippen molar-refractivity contribution in [3.63, 3.8) is 0 Å². The van der Waals surface area contributed by atoms with E-state index in [2.05, 4.69) is 9.97 Å². The second-order valence-electron chi connectivity index (χ2n) is 4.17. The third-order valence-corrected chi connectivity index (χ3v) is 1.85. The molecule has 0 amide bonds. The monoisotopic (exact) mass is 210 g/mol. The SMILES string of the molecule is COc1cnc(C(C)(C)C)nc1C(=O)O. The molecule has 0 aromatic carbocycles. The Morgan fingerprint density at radius 1 is 1.47 bits per heavy atom. The van der Waals surface area contributed by atoms with Crippen LogP contribution >= 0.6 is 0 Å². The maximum atomic E-state index is 10.9. The molecule has 1 N–H and O–H groups in total. The number of carbonyl (C=O) groups is 1. The molecule has 0 fully saturated rings. The minimum atomic E-state index is -1.11. The fraction of sp³-hybridized carbons (Fsp3) is 0.500. The summed E-state index contributed by atoms with van der Waals surface area (Å²) in [5.41, 5.74) is -0.381. The highest BCUT2D eigenvalue weighted by molar-refractivity contribution is 5.88. The first-order valence-corrected chi connectivity index (χ1v) is 4.51. The maximum Gasteiger partial charge on any atom is 0.358 e. The molecule has 82 valence electrons. The molecule has 0 atom stereocenters. The second kappa shape index (κ2) is 3.84. The van der Waals surface area contributed by atoms with Crippen molar-refractivity contribution in [2.45, 2.75) is 26.2 Å². The minimum Gasteiger partial charge on any atom is -0.493 e. The first-order valence-electron chi connectivity index (χ1n) is 4.51. The smallest absolute Gasteiger partial charge is 0.358 e. The number of hydrogen-bond acceptors (Lipinski definition) is 4. The maximum absolute atomic E-state index is 10.9. The van der Waals surface area contributed by atoms with E-state index in [-0.39, 0.29) is 16.9 Å². The van der Waals surface area contributed by atoms with Gasteiger partial charge in [-0.05, 0) is 0 Å². The lowest BCUT2D eigenvalue weighted by Crippen LogP contribution is -2.18. The molecule has 0 radical (unpaired) electrons. The van der Waals surface area contributed by atoms with Crippen molar-refractivity contribution in [3.05, 3.63) is 17.7 Å². The van der Waals surface area contributed by atoms with E-state index in [1.54, 1.807) is 0 Å². The summed E-state index contributed by atoms with van der Waals surface area (Å²) in [5.74, 6) is -0.448. The van der Waals surface area contributed by atoms with Gasteiger partial charge < -0.3 is 9.84 Å². The van der Waals surface area contributed by atoms with Gasteiger partial charge in [-0.1, -0.05) is 20.8 Å². The molecule has 0 spiro atoms. The van der Waals surface area contributed by atoms with E-state index < -0.39 is 5.97 Å². The van der Waals surface area contributed by atoms with Crippen LogP contribution in [0.3, 0.4) is 0 Å². The van der Waals surface area contributed by atoms with Crippen molar-refractivity contribution >= 4 is 5.97 Å². The van der Waals surface area contributed by atoms with E-state index >= 15 is 0 Å². The number of nitrogens with zero attached hydrogens (tertiary/aromatic N) is 2. The Bertz CT molecular complexity index is 383. The zero-order chi connectivity index (χ0) is 11.6. The Labute approximate surface area is 88.1 Å². The van der Waals surface area contributed by atoms with Gasteiger partial charge in [0.1, 0.15) is 5.82 Å². The number of carboxylic acid groups (broad SMARTS) is 1. The number of hydrogen-bond donors (Lipinski definition) is 1. The standard InChI is InChI=1S/C10H14N2O3/c1-10(2,3)9-11-5-6(15-4)7(12-9)8(13)14/h5H,1-4H3,(H,13,14). The van der Waals surface area contributed by atoms with Crippen LogP contribution in [0.25, 0.3) is 0 Å². The van der Waals surface area contributed by atoms with Gasteiger partial charge in [0, 0.05) is 5.41 Å². The minimum absolute atomic E-state index is 0.0996. The molecule has 1 aromatic rings. The van der Waals surface area contributed by atoms with E-state index in [4.69, 9.17) is 9.84 Å². The van der Waals surface area contributed by atoms with Gasteiger partial charge >= 0.3 is 5.97 Å². The van der Waals surface area contributed by atoms with Gasteiger partial charge in [-0.25, -0.2) is 14.8 Å². The van der Waals surface area contributed by atoms with Crippen LogP contribution in [-0.4, -0.2) is 28.2 Å². The number of rotatable bonds is 2. The number of ether oxygens (including phenoxy) is 1. The summed E-state index contributed by atoms with van der Waals surface area (Å²) in [5, 5.41) is 8.92. The number of methoxy groups -OCH3 is 1. The predicted octanol–water partition coefficient (Wildman–Crippen LogP) is 1.48. The van der Waals surface area contributed by atoms with Crippen LogP contribution in [-0.2, 0) is 5.41 Å². The molecule has 1 aromatic heterocycles. The van der Waals surface area contributed by atoms with E-state index in [0.717, 1.165) is 0 Å². The van der Waals surface area contributed by atoms with Crippen LogP contribution in [0.5, 0.6) is 5.75 Å². The molecule has 1 heterocycles. The molecular formula is C10H14N2O3. The van der Waals surface area contributed by atoms with Crippen LogP contribution in [0.4, 0.5) is 0 Å². The van der Waals surface area contributed by atoms with E-state index in [9.17, 15) is 4.79 Å². The normalized spacial score (nSPS) is 11.2. The lowest BCUT2D eigenvalue weighted by atomic mass is 9.95. The molecule has 0 aliphatic rings. The molecule has 0 bridgehead atoms. The van der Waals surface area contributed by atoms with Gasteiger partial charge in [0.2, 0.25) is 0 Å². The van der Waals surface area contributed by atoms with Crippen molar-refractivity contribution in [2.24, 2.45) is 0 Å². The van der Waals surface area contributed by atoms with Crippen molar-refractivity contribution in [3.8, 4) is 5.75 Å². The topological polar surface area (TPSA) is 72.3 Å². The van der Waals surface area contributed by atoms with Crippen LogP contribution in [0, 0.1) is 0 Å². The summed E-state index contributed by atoms with van der Waals surface area (Å²) >= 11 is 0. The zero-order valence-electron chi connectivity index (χ0n) is 9.24. The summed E-state index contributed by atoms with van der Waals surface area (Å²) in [4.78, 5) is 18.9. The van der Waals surface area contributed by atoms with Crippen LogP contribution in [0.2, 0.25) is 0 Å². The average Bonchev–Trinajstić information content (AvgIpc) is 2.15. The highest BCUT2D eigenvalue weighted by Crippen LogP contribution is 2.22. The van der Waals surface area contributed by atoms with Crippen molar-refractivity contribution < 1.29 is 14.6 Å². The van der Waals surface area contributed by atoms with Crippen molar-refractivity contribution in [2.75, 3.05) is 7.11 Å². The zero-order valence-corrected chi connectivity index (χ0v) is 9.24. The number of carboxylic acids is 1. The highest BCUT2D eigenvalue weighted by Gasteiger charge is 2.22. The summed E-state index contributed by atoms with van der Waals surface area (Å²) in [6, 6.07) is 0. The van der Waals surface area contributed by atoms with Crippen molar-refractivity contribution in [1.29, 1.82) is 0 Å². The molecule has 0 saturated carbocycles. The molecule has 5 nitrogen and oxygen atoms in total. The van der Waals surface area contributed by atoms with Crippen LogP contribution in [0.15, 0.2) is 6.20 Å². The average molecular weight is 210 g/mol. The Morgan fingerprint density at radius 2 is 2.07 bits per heavy atom. The highest BCUT2D eigenvalue weighted by atomic mass is 16.5. The summed E-state index contributed by atoms with van der Waals surface area (Å²) < 4.78 is 4.87. The summed E-state index contributed by atoms with van der Waals surface area (Å²) in [6.45, 7) is 5.75. The lowest BCUT2D eigenvalue weighted by molar-refractivity contribution is 0.0685. The Balaban J connectivity index is 3.28. The molecule has 5 heteroatoms. The third-order valence-electron chi connectivity index (χ3n) is 1.85. The Morgan fingerprint density at radius 3 is 2.47 bits per heavy atom. The van der Waals surface area contributed by atoms with E-state index in [0.29, 0.717) is 5.82 Å². The van der Waals surface area contributed by atoms with Gasteiger partial charge in [0.05, 0.1) is 13.3 Å². The summed E-state index contributed by atoms with van der Waals surface area (Å²) in [7, 11) is 1.39. The predicted molar refractivity (Wildman–Crippen MR) is 54.2 cm³/mol. The molecule has 0 aliphatic heterocycles. The Hall–Kier alpha value is -1.65. The third kappa shape index (κ3) is 2.43. The first kappa shape index (κ1) is 11.4. The first-order chi connectivity index (χ1) is 6.86. The molecule has 1 rings (SSSR count). The quantitative estimate of drug-likeness (QED) is 0.800. The lowest BCUT2D eigenvalue weighted by Gasteiger charge is -2.17. The van der Waals surface area contributed by atoms with Crippen molar-refractivity contribution in [1.82, 2.24) is 9.97 Å². The van der Waals surface area contributed by atoms with Gasteiger partial charge in [0.15, 0.2) is 11.4 Å². The fourth-order valence-electron chi connectivity index (χ4n) is 1.03. The summed E-state index contributed by atoms with van der Waals surface area (Å²) in [6.07, 6.45) is 1.39. The van der Waals surface area contributed by atoms with E-state index in [1.807, 2.05) is 20.8 Å². The molecular weight excluding hydrogens is 196 g/mol. The van der Waals surface area contributed by atoms with Gasteiger partial charge in [-0.3, -0.25) is 0 Å². The Kier molecular flexibility index (Phi) is 2.93. The number of aromatic nitrogens is 2. The van der Waals surface area contributed by atoms with Crippen LogP contribution in [0.1, 0.15) is 37.1 Å². The molecule has 0 unspecified atom stereocenters. The molecule has 15 heavy (non-hydrogen) atoms. The van der Waals surface area contributed by atoms with Gasteiger partial charge in [-0.2, -0.15) is 0 Å². The second-order valence-corrected chi connectivity index (χ2v) is 4.17.